The number of unbranched alkanes of at least 4 members (excludes halogenated alkanes) is 2. The van der Waals surface area contributed by atoms with Crippen molar-refractivity contribution in [3.8, 4) is 23.2 Å². The van der Waals surface area contributed by atoms with Crippen LogP contribution in [0.4, 0.5) is 17.6 Å². The van der Waals surface area contributed by atoms with Crippen molar-refractivity contribution in [2.45, 2.75) is 141 Å². The number of benzene rings is 1. The Morgan fingerprint density at radius 3 is 2.31 bits per heavy atom. The SMILES string of the molecule is CCN(CC)CCCC[C@H](NC(=O)[C@@H](NC(=O)CCCC#Cc1cnc(S(C)(=O)=O)nc1)C(C)C)C(=O)NCC(=O)NCOCCCc1c2c(nc3cc(F)c(C)cc13)-c1cc3c(c(=O)n1C2)COC(=O)[C@@]3(CC)OC(=O)C(F)(F)F. The van der Waals surface area contributed by atoms with E-state index in [-0.39, 0.29) is 78.3 Å². The average molecular weight is 1150 g/mol. The van der Waals surface area contributed by atoms with Gasteiger partial charge in [-0.3, -0.25) is 24.0 Å². The largest absolute Gasteiger partial charge is 0.490 e. The molecule has 2 aliphatic heterocycles. The van der Waals surface area contributed by atoms with Crippen molar-refractivity contribution < 1.29 is 69.0 Å². The van der Waals surface area contributed by atoms with Crippen molar-refractivity contribution in [2.75, 3.05) is 45.8 Å². The lowest BCUT2D eigenvalue weighted by molar-refractivity contribution is -0.223. The first-order valence-electron chi connectivity index (χ1n) is 26.6. The lowest BCUT2D eigenvalue weighted by Crippen LogP contribution is -2.56. The van der Waals surface area contributed by atoms with E-state index in [0.717, 1.165) is 32.3 Å². The molecular weight excluding hydrogens is 1090 g/mol. The molecule has 4 aromatic rings. The van der Waals surface area contributed by atoms with Crippen LogP contribution in [0.25, 0.3) is 22.3 Å². The highest BCUT2D eigenvalue weighted by atomic mass is 32.2. The molecule has 0 fully saturated rings. The van der Waals surface area contributed by atoms with Gasteiger partial charge >= 0.3 is 18.1 Å². The predicted molar refractivity (Wildman–Crippen MR) is 286 cm³/mol. The van der Waals surface area contributed by atoms with Gasteiger partial charge in [0.2, 0.25) is 44.2 Å². The van der Waals surface area contributed by atoms with Crippen molar-refractivity contribution in [1.82, 2.24) is 45.7 Å². The van der Waals surface area contributed by atoms with E-state index in [2.05, 4.69) is 48.0 Å². The van der Waals surface area contributed by atoms with Gasteiger partial charge in [0.1, 0.15) is 31.2 Å². The number of cyclic esters (lactones) is 1. The number of carbonyl (C=O) groups is 6. The molecule has 81 heavy (non-hydrogen) atoms. The number of sulfone groups is 1. The first-order chi connectivity index (χ1) is 38.3. The van der Waals surface area contributed by atoms with Gasteiger partial charge in [-0.25, -0.2) is 37.3 Å². The third kappa shape index (κ3) is 15.6. The molecule has 5 heterocycles. The first kappa shape index (κ1) is 62.8. The number of amides is 4. The van der Waals surface area contributed by atoms with Gasteiger partial charge in [0.25, 0.3) is 5.56 Å². The number of hydrogen-bond acceptors (Lipinski definition) is 16. The Bertz CT molecular complexity index is 3270. The van der Waals surface area contributed by atoms with Crippen LogP contribution in [0.1, 0.15) is 119 Å². The number of esters is 2. The minimum Gasteiger partial charge on any atom is -0.457 e. The second-order valence-corrected chi connectivity index (χ2v) is 21.9. The van der Waals surface area contributed by atoms with E-state index < -0.39 is 100 Å². The van der Waals surface area contributed by atoms with E-state index in [4.69, 9.17) is 19.2 Å². The van der Waals surface area contributed by atoms with Crippen LogP contribution in [-0.2, 0) is 78.0 Å². The molecule has 0 saturated heterocycles. The van der Waals surface area contributed by atoms with Gasteiger partial charge in [0.15, 0.2) is 0 Å². The summed E-state index contributed by atoms with van der Waals surface area (Å²) in [7, 11) is -3.56. The van der Waals surface area contributed by atoms with Crippen LogP contribution in [-0.4, -0.2) is 132 Å². The number of halogens is 4. The lowest BCUT2D eigenvalue weighted by atomic mass is 9.85. The van der Waals surface area contributed by atoms with Gasteiger partial charge in [0.05, 0.1) is 41.1 Å². The van der Waals surface area contributed by atoms with Gasteiger partial charge in [-0.15, -0.1) is 0 Å². The van der Waals surface area contributed by atoms with E-state index in [0.29, 0.717) is 53.3 Å². The van der Waals surface area contributed by atoms with Crippen molar-refractivity contribution in [2.24, 2.45) is 5.92 Å². The fraction of sp³-hybridized carbons (Fsp3) is 0.527. The molecule has 1 aromatic carbocycles. The van der Waals surface area contributed by atoms with Crippen molar-refractivity contribution >= 4 is 56.3 Å². The second kappa shape index (κ2) is 27.4. The van der Waals surface area contributed by atoms with E-state index in [1.807, 2.05) is 13.8 Å². The van der Waals surface area contributed by atoms with Gasteiger partial charge in [-0.1, -0.05) is 46.5 Å². The first-order valence-corrected chi connectivity index (χ1v) is 28.5. The Labute approximate surface area is 466 Å². The Balaban J connectivity index is 1.05. The summed E-state index contributed by atoms with van der Waals surface area (Å²) in [5.41, 5.74) is -1.30. The number of rotatable bonds is 26. The Hall–Kier alpha value is -7.37. The minimum atomic E-state index is -5.47. The van der Waals surface area contributed by atoms with Crippen LogP contribution in [0.2, 0.25) is 0 Å². The number of hydrogen-bond donors (Lipinski definition) is 4. The number of nitrogens with one attached hydrogen (secondary N) is 4. The van der Waals surface area contributed by atoms with Crippen molar-refractivity contribution in [3.63, 3.8) is 0 Å². The Morgan fingerprint density at radius 2 is 1.65 bits per heavy atom. The van der Waals surface area contributed by atoms with E-state index in [1.54, 1.807) is 26.8 Å². The van der Waals surface area contributed by atoms with Crippen LogP contribution in [0.15, 0.2) is 40.5 Å². The van der Waals surface area contributed by atoms with Crippen molar-refractivity contribution in [3.05, 3.63) is 80.1 Å². The number of aryl methyl sites for hydroxylation is 2. The normalized spacial score (nSPS) is 15.4. The summed E-state index contributed by atoms with van der Waals surface area (Å²) < 4.78 is 95.8. The highest BCUT2D eigenvalue weighted by Gasteiger charge is 2.55. The van der Waals surface area contributed by atoms with Crippen LogP contribution in [0.3, 0.4) is 0 Å². The van der Waals surface area contributed by atoms with Gasteiger partial charge in [-0.05, 0) is 101 Å². The molecule has 3 aromatic heterocycles. The predicted octanol–water partition coefficient (Wildman–Crippen LogP) is 4.33. The molecule has 4 N–H and O–H groups in total. The Morgan fingerprint density at radius 1 is 0.938 bits per heavy atom. The lowest BCUT2D eigenvalue weighted by Gasteiger charge is -2.35. The van der Waals surface area contributed by atoms with E-state index in [9.17, 15) is 55.2 Å². The molecule has 438 valence electrons. The molecule has 4 amide bonds. The third-order valence-corrected chi connectivity index (χ3v) is 14.8. The van der Waals surface area contributed by atoms with Crippen LogP contribution >= 0.6 is 0 Å². The topological polar surface area (TPSA) is 276 Å². The molecule has 0 saturated carbocycles. The molecule has 0 unspecified atom stereocenters. The average Bonchev–Trinajstić information content (AvgIpc) is 3.83. The molecule has 3 atom stereocenters. The number of carbonyl (C=O) groups excluding carboxylic acids is 6. The number of aromatic nitrogens is 4. The zero-order valence-electron chi connectivity index (χ0n) is 46.2. The molecule has 6 rings (SSSR count). The van der Waals surface area contributed by atoms with Gasteiger partial charge < -0.3 is 44.9 Å². The van der Waals surface area contributed by atoms with Crippen LogP contribution < -0.4 is 26.8 Å². The van der Waals surface area contributed by atoms with Gasteiger partial charge in [0, 0.05) is 60.7 Å². The monoisotopic (exact) mass is 1150 g/mol. The maximum atomic E-state index is 15.1. The molecule has 21 nitrogen and oxygen atoms in total. The summed E-state index contributed by atoms with van der Waals surface area (Å²) in [6.45, 7) is 11.7. The number of alkyl halides is 3. The minimum absolute atomic E-state index is 0.0443. The van der Waals surface area contributed by atoms with E-state index >= 15 is 4.39 Å². The third-order valence-electron chi connectivity index (χ3n) is 14.0. The summed E-state index contributed by atoms with van der Waals surface area (Å²) in [5, 5.41) is 11.0. The Kier molecular flexibility index (Phi) is 21.2. The molecule has 0 spiro atoms. The zero-order chi connectivity index (χ0) is 59.4. The maximum Gasteiger partial charge on any atom is 0.490 e. The zero-order valence-corrected chi connectivity index (χ0v) is 47.0. The standard InChI is InChI=1S/C55H67F4N9O12S/c1-8-54(80-52(75)55(57,58)59)39-24-43-47-37(29-68(43)50(73)38(39)30-79-51(54)74)35(36-23-33(6)40(56)25-42(36)64-47)18-16-22-78-31-63-45(70)28-60-48(71)41(19-14-15-21-67(9-2)10-3)65-49(72)46(32(4)5)66-44(69)20-13-11-12-17-34-26-61-53(62-27-34)81(7,76)77/h23-27,32,41,46H,8-11,13-16,18-22,28-31H2,1-7H3,(H,60,71)(H,63,70)(H,65,72)(H,66,69)/t41-,46-,54-/m0/s1. The summed E-state index contributed by atoms with van der Waals surface area (Å²) in [5.74, 6) is -1.34. The molecular formula is C55H67F4N9O12S. The molecule has 0 aliphatic carbocycles. The number of pyridine rings is 2. The fourth-order valence-electron chi connectivity index (χ4n) is 9.47. The number of fused-ring (bicyclic) bond motifs is 5. The summed E-state index contributed by atoms with van der Waals surface area (Å²) in [6.07, 6.45) is 0.481. The summed E-state index contributed by atoms with van der Waals surface area (Å²) >= 11 is 0. The van der Waals surface area contributed by atoms with Crippen LogP contribution in [0.5, 0.6) is 0 Å². The molecule has 0 radical (unpaired) electrons. The van der Waals surface area contributed by atoms with Gasteiger partial charge in [-0.2, -0.15) is 13.2 Å². The number of nitrogens with zero attached hydrogens (tertiary/aromatic N) is 5. The van der Waals surface area contributed by atoms with Crippen LogP contribution in [0, 0.1) is 30.5 Å². The highest BCUT2D eigenvalue weighted by Crippen LogP contribution is 2.43. The maximum absolute atomic E-state index is 15.1. The second-order valence-electron chi connectivity index (χ2n) is 20.0. The summed E-state index contributed by atoms with van der Waals surface area (Å²) in [6, 6.07) is 2.09. The highest BCUT2D eigenvalue weighted by molar-refractivity contribution is 7.90. The van der Waals surface area contributed by atoms with Crippen molar-refractivity contribution in [1.29, 1.82) is 0 Å². The molecule has 2 aliphatic rings. The quantitative estimate of drug-likeness (QED) is 0.0150. The number of ether oxygens (including phenoxy) is 3. The van der Waals surface area contributed by atoms with E-state index in [1.165, 1.54) is 36.0 Å². The fourth-order valence-corrected chi connectivity index (χ4v) is 9.96. The molecule has 0 bridgehead atoms. The smallest absolute Gasteiger partial charge is 0.457 e. The molecule has 26 heteroatoms. The summed E-state index contributed by atoms with van der Waals surface area (Å²) in [4.78, 5) is 107.